The summed E-state index contributed by atoms with van der Waals surface area (Å²) in [6.07, 6.45) is 17.3. The van der Waals surface area contributed by atoms with Gasteiger partial charge in [-0.25, -0.2) is 5.43 Å². The summed E-state index contributed by atoms with van der Waals surface area (Å²) >= 11 is 0. The number of fused-ring (bicyclic) bond motifs is 5. The molecule has 8 unspecified atom stereocenters. The summed E-state index contributed by atoms with van der Waals surface area (Å²) in [5, 5.41) is 19.1. The molecule has 162 valence electrons. The zero-order valence-corrected chi connectivity index (χ0v) is 17.8. The molecule has 5 heteroatoms. The predicted octanol–water partition coefficient (Wildman–Crippen LogP) is 3.61. The molecular weight excluding hydrogens is 362 g/mol. The van der Waals surface area contributed by atoms with Crippen LogP contribution in [-0.2, 0) is 4.79 Å². The molecule has 1 saturated heterocycles. The Bertz CT molecular complexity index is 617. The molecule has 3 N–H and O–H groups in total. The molecule has 4 saturated carbocycles. The Labute approximate surface area is 175 Å². The van der Waals surface area contributed by atoms with Gasteiger partial charge in [-0.15, -0.1) is 0 Å². The maximum atomic E-state index is 12.8. The third-order valence-corrected chi connectivity index (χ3v) is 9.16. The van der Waals surface area contributed by atoms with Gasteiger partial charge in [0.2, 0.25) is 5.91 Å². The molecule has 0 bridgehead atoms. The van der Waals surface area contributed by atoms with Crippen molar-refractivity contribution in [1.29, 1.82) is 0 Å². The van der Waals surface area contributed by atoms with Crippen molar-refractivity contribution in [3.8, 4) is 0 Å². The first kappa shape index (κ1) is 20.0. The van der Waals surface area contributed by atoms with Crippen LogP contribution in [0.15, 0.2) is 5.10 Å². The minimum absolute atomic E-state index is 0.0711. The number of rotatable bonds is 3. The van der Waals surface area contributed by atoms with Crippen LogP contribution in [0.2, 0.25) is 0 Å². The maximum Gasteiger partial charge on any atom is 0.245 e. The summed E-state index contributed by atoms with van der Waals surface area (Å²) in [6, 6.07) is 1.29. The van der Waals surface area contributed by atoms with Crippen molar-refractivity contribution in [2.24, 2.45) is 40.6 Å². The van der Waals surface area contributed by atoms with Gasteiger partial charge in [-0.05, 0) is 81.0 Å². The normalized spacial score (nSPS) is 45.4. The number of aliphatic hydroxyl groups excluding tert-OH is 1. The summed E-state index contributed by atoms with van der Waals surface area (Å²) in [5.41, 5.74) is 2.77. The van der Waals surface area contributed by atoms with E-state index >= 15 is 0 Å². The van der Waals surface area contributed by atoms with Crippen molar-refractivity contribution in [3.63, 3.8) is 0 Å². The van der Waals surface area contributed by atoms with Crippen molar-refractivity contribution in [2.45, 2.75) is 102 Å². The van der Waals surface area contributed by atoms with Gasteiger partial charge in [0.25, 0.3) is 0 Å². The van der Waals surface area contributed by atoms with E-state index in [0.717, 1.165) is 24.7 Å². The Kier molecular flexibility index (Phi) is 5.97. The smallest absolute Gasteiger partial charge is 0.245 e. The standard InChI is InChI=1S/C24H39N3O2/c28-22-13-19-16(10-11-18-17-8-4-5-9-21(17)26-23(18)19)12-20(22)24(29)27-25-14-15-6-2-1-3-7-15/h14-23,26,28H,1-13H2,(H,27,29)/b25-14+. The molecule has 1 aliphatic heterocycles. The van der Waals surface area contributed by atoms with Crippen LogP contribution in [0.1, 0.15) is 83.5 Å². The van der Waals surface area contributed by atoms with Crippen LogP contribution in [0.3, 0.4) is 0 Å². The molecule has 0 aromatic rings. The van der Waals surface area contributed by atoms with Gasteiger partial charge < -0.3 is 10.4 Å². The molecule has 0 spiro atoms. The van der Waals surface area contributed by atoms with E-state index in [9.17, 15) is 9.90 Å². The summed E-state index contributed by atoms with van der Waals surface area (Å²) in [5.74, 6) is 2.94. The zero-order chi connectivity index (χ0) is 19.8. The van der Waals surface area contributed by atoms with Gasteiger partial charge in [-0.2, -0.15) is 5.10 Å². The SMILES string of the molecule is O=C(N/N=C/C1CCCCC1)C1CC2CCC3C4CCCCC4NC3C2CC1O. The van der Waals surface area contributed by atoms with Crippen molar-refractivity contribution < 1.29 is 9.90 Å². The Morgan fingerprint density at radius 2 is 1.69 bits per heavy atom. The van der Waals surface area contributed by atoms with Crippen molar-refractivity contribution in [2.75, 3.05) is 0 Å². The fourth-order valence-corrected chi connectivity index (χ4v) is 7.68. The molecule has 0 aromatic carbocycles. The van der Waals surface area contributed by atoms with Gasteiger partial charge in [-0.3, -0.25) is 4.79 Å². The number of amides is 1. The van der Waals surface area contributed by atoms with Crippen molar-refractivity contribution in [3.05, 3.63) is 0 Å². The number of hydrogen-bond acceptors (Lipinski definition) is 4. The Morgan fingerprint density at radius 3 is 2.55 bits per heavy atom. The number of hydrogen-bond donors (Lipinski definition) is 3. The minimum Gasteiger partial charge on any atom is -0.392 e. The fraction of sp³-hybridized carbons (Fsp3) is 0.917. The Hall–Kier alpha value is -0.940. The molecule has 0 radical (unpaired) electrons. The van der Waals surface area contributed by atoms with E-state index in [0.29, 0.717) is 29.8 Å². The van der Waals surface area contributed by atoms with E-state index in [2.05, 4.69) is 15.8 Å². The molecule has 0 aromatic heterocycles. The van der Waals surface area contributed by atoms with Crippen LogP contribution in [0.25, 0.3) is 0 Å². The van der Waals surface area contributed by atoms with E-state index in [1.165, 1.54) is 70.6 Å². The molecular formula is C24H39N3O2. The second-order valence-corrected chi connectivity index (χ2v) is 10.7. The quantitative estimate of drug-likeness (QED) is 0.500. The molecule has 29 heavy (non-hydrogen) atoms. The highest BCUT2D eigenvalue weighted by Gasteiger charge is 2.53. The first-order valence-electron chi connectivity index (χ1n) is 12.5. The largest absolute Gasteiger partial charge is 0.392 e. The van der Waals surface area contributed by atoms with Gasteiger partial charge in [0.1, 0.15) is 0 Å². The second kappa shape index (κ2) is 8.66. The summed E-state index contributed by atoms with van der Waals surface area (Å²) < 4.78 is 0. The highest BCUT2D eigenvalue weighted by atomic mass is 16.3. The molecule has 5 nitrogen and oxygen atoms in total. The number of hydrazone groups is 1. The van der Waals surface area contributed by atoms with Gasteiger partial charge >= 0.3 is 0 Å². The second-order valence-electron chi connectivity index (χ2n) is 10.7. The monoisotopic (exact) mass is 401 g/mol. The summed E-state index contributed by atoms with van der Waals surface area (Å²) in [6.45, 7) is 0. The third kappa shape index (κ3) is 4.01. The lowest BCUT2D eigenvalue weighted by Gasteiger charge is -2.47. The average Bonchev–Trinajstić information content (AvgIpc) is 3.13. The molecule has 5 rings (SSSR count). The van der Waals surface area contributed by atoms with E-state index < -0.39 is 6.10 Å². The highest BCUT2D eigenvalue weighted by molar-refractivity contribution is 5.80. The van der Waals surface area contributed by atoms with E-state index in [1.54, 1.807) is 0 Å². The molecule has 1 heterocycles. The van der Waals surface area contributed by atoms with Gasteiger partial charge in [-0.1, -0.05) is 32.1 Å². The Morgan fingerprint density at radius 1 is 0.897 bits per heavy atom. The van der Waals surface area contributed by atoms with Crippen LogP contribution in [0, 0.1) is 35.5 Å². The fourth-order valence-electron chi connectivity index (χ4n) is 7.68. The molecule has 5 fully saturated rings. The lowest BCUT2D eigenvalue weighted by Crippen LogP contribution is -2.52. The van der Waals surface area contributed by atoms with Crippen LogP contribution in [0.5, 0.6) is 0 Å². The van der Waals surface area contributed by atoms with E-state index in [-0.39, 0.29) is 11.8 Å². The highest BCUT2D eigenvalue weighted by Crippen LogP contribution is 2.52. The van der Waals surface area contributed by atoms with Gasteiger partial charge in [0.05, 0.1) is 12.0 Å². The Balaban J connectivity index is 1.18. The molecule has 1 amide bonds. The van der Waals surface area contributed by atoms with Crippen LogP contribution in [0.4, 0.5) is 0 Å². The number of nitrogens with one attached hydrogen (secondary N) is 2. The van der Waals surface area contributed by atoms with E-state index in [4.69, 9.17) is 0 Å². The van der Waals surface area contributed by atoms with Gasteiger partial charge in [0.15, 0.2) is 0 Å². The van der Waals surface area contributed by atoms with Crippen LogP contribution < -0.4 is 10.7 Å². The molecule has 4 aliphatic carbocycles. The first-order chi connectivity index (χ1) is 14.2. The van der Waals surface area contributed by atoms with Crippen molar-refractivity contribution in [1.82, 2.24) is 10.7 Å². The third-order valence-electron chi connectivity index (χ3n) is 9.16. The first-order valence-corrected chi connectivity index (χ1v) is 12.5. The molecule has 8 atom stereocenters. The van der Waals surface area contributed by atoms with Crippen LogP contribution in [-0.4, -0.2) is 35.4 Å². The number of aliphatic hydroxyl groups is 1. The predicted molar refractivity (Wildman–Crippen MR) is 114 cm³/mol. The lowest BCUT2D eigenvalue weighted by molar-refractivity contribution is -0.133. The van der Waals surface area contributed by atoms with Crippen molar-refractivity contribution >= 4 is 12.1 Å². The summed E-state index contributed by atoms with van der Waals surface area (Å²) in [7, 11) is 0. The van der Waals surface area contributed by atoms with Crippen LogP contribution >= 0.6 is 0 Å². The topological polar surface area (TPSA) is 73.7 Å². The summed E-state index contributed by atoms with van der Waals surface area (Å²) in [4.78, 5) is 12.8. The zero-order valence-electron chi connectivity index (χ0n) is 17.8. The maximum absolute atomic E-state index is 12.8. The number of nitrogens with zero attached hydrogens (tertiary/aromatic N) is 1. The lowest BCUT2D eigenvalue weighted by atomic mass is 9.60. The van der Waals surface area contributed by atoms with Gasteiger partial charge in [0, 0.05) is 18.3 Å². The van der Waals surface area contributed by atoms with E-state index in [1.807, 2.05) is 6.21 Å². The molecule has 5 aliphatic rings. The number of carbonyl (C=O) groups excluding carboxylic acids is 1. The minimum atomic E-state index is -0.524. The average molecular weight is 402 g/mol. The number of carbonyl (C=O) groups is 1.